The molecule has 15 nitrogen and oxygen atoms in total. The van der Waals surface area contributed by atoms with Crippen LogP contribution in [0, 0.1) is 0 Å². The Balaban J connectivity index is 1.48. The maximum absolute atomic E-state index is 12.3. The number of hydrogen-bond acceptors (Lipinski definition) is 13. The number of fused-ring (bicyclic) bond motifs is 1. The number of unbranched alkanes of at least 4 members (excludes halogenated alkanes) is 2. The number of carbonyl (C=O) groups is 6. The summed E-state index contributed by atoms with van der Waals surface area (Å²) in [5, 5.41) is 8.35. The first-order valence-electron chi connectivity index (χ1n) is 12.4. The molecule has 0 bridgehead atoms. The lowest BCUT2D eigenvalue weighted by Gasteiger charge is -2.37. The second kappa shape index (κ2) is 14.4. The normalized spacial score (nSPS) is 25.8. The summed E-state index contributed by atoms with van der Waals surface area (Å²) in [7, 11) is 1.29. The molecule has 0 aromatic carbocycles. The molecule has 1 unspecified atom stereocenters. The van der Waals surface area contributed by atoms with Gasteiger partial charge in [0.2, 0.25) is 0 Å². The van der Waals surface area contributed by atoms with Gasteiger partial charge in [0, 0.05) is 44.4 Å². The Morgan fingerprint density at radius 3 is 2.08 bits per heavy atom. The van der Waals surface area contributed by atoms with E-state index >= 15 is 0 Å². The number of nitrogens with zero attached hydrogens (tertiary/aromatic N) is 1. The highest BCUT2D eigenvalue weighted by atomic mass is 16.8. The number of alkyl carbamates (subject to hydrolysis) is 1. The maximum Gasteiger partial charge on any atom is 0.421 e. The molecule has 0 spiro atoms. The SMILES string of the molecule is COCC(=O)OC1N[C@@H]2CCCC[C@H]2N[C@H](OC(=O)NCCCCCN2C(=O)C=CC2=O)OC(=O)C(=O)O1. The molecule has 2 heterocycles. The molecule has 1 saturated carbocycles. The fourth-order valence-electron chi connectivity index (χ4n) is 4.18. The van der Waals surface area contributed by atoms with E-state index in [2.05, 4.69) is 16.0 Å². The van der Waals surface area contributed by atoms with Gasteiger partial charge in [-0.15, -0.1) is 0 Å². The van der Waals surface area contributed by atoms with Crippen molar-refractivity contribution in [3.63, 3.8) is 0 Å². The van der Waals surface area contributed by atoms with E-state index in [1.54, 1.807) is 0 Å². The summed E-state index contributed by atoms with van der Waals surface area (Å²) in [6, 6.07) is -0.743. The average Bonchev–Trinajstić information content (AvgIpc) is 3.18. The van der Waals surface area contributed by atoms with Crippen LogP contribution in [0.2, 0.25) is 0 Å². The minimum absolute atomic E-state index is 0.226. The number of amides is 3. The molecule has 0 aromatic rings. The fraction of sp³-hybridized carbons (Fsp3) is 0.652. The minimum Gasteiger partial charge on any atom is -0.409 e. The van der Waals surface area contributed by atoms with Crippen molar-refractivity contribution in [2.24, 2.45) is 0 Å². The molecule has 1 saturated heterocycles. The standard InChI is InChI=1S/C23H32N4O11/c1-34-13-18(30)35-22-25-14-7-3-4-8-15(14)26-23(37-20(32)19(31)36-22)38-21(33)24-11-5-2-6-12-27-16(28)9-10-17(27)29/h9-10,14-15,22-23,25-26H,2-8,11-13H2,1H3,(H,24,33)/t14-,15-,22?,23+/m1/s1. The summed E-state index contributed by atoms with van der Waals surface area (Å²) in [6.07, 6.45) is 3.09. The second-order valence-electron chi connectivity index (χ2n) is 8.78. The Morgan fingerprint density at radius 2 is 1.50 bits per heavy atom. The molecule has 3 amide bonds. The van der Waals surface area contributed by atoms with Gasteiger partial charge in [-0.25, -0.2) is 29.8 Å². The van der Waals surface area contributed by atoms with Gasteiger partial charge in [-0.2, -0.15) is 0 Å². The number of ether oxygens (including phenoxy) is 5. The van der Waals surface area contributed by atoms with E-state index in [9.17, 15) is 28.8 Å². The van der Waals surface area contributed by atoms with Crippen molar-refractivity contribution in [3.8, 4) is 0 Å². The first-order valence-corrected chi connectivity index (χ1v) is 12.4. The highest BCUT2D eigenvalue weighted by Crippen LogP contribution is 2.21. The lowest BCUT2D eigenvalue weighted by Crippen LogP contribution is -2.59. The van der Waals surface area contributed by atoms with Gasteiger partial charge in [0.15, 0.2) is 0 Å². The molecule has 1 aliphatic carbocycles. The van der Waals surface area contributed by atoms with E-state index < -0.39 is 36.8 Å². The molecule has 0 aromatic heterocycles. The Bertz CT molecular complexity index is 922. The quantitative estimate of drug-likeness (QED) is 0.135. The zero-order valence-electron chi connectivity index (χ0n) is 21.0. The number of nitrogens with one attached hydrogen (secondary N) is 3. The van der Waals surface area contributed by atoms with Crippen molar-refractivity contribution >= 4 is 35.8 Å². The average molecular weight is 541 g/mol. The van der Waals surface area contributed by atoms with Crippen molar-refractivity contribution in [2.75, 3.05) is 26.8 Å². The van der Waals surface area contributed by atoms with Gasteiger partial charge in [0.1, 0.15) is 6.61 Å². The molecule has 38 heavy (non-hydrogen) atoms. The molecular weight excluding hydrogens is 508 g/mol. The van der Waals surface area contributed by atoms with E-state index in [1.165, 1.54) is 19.3 Å². The van der Waals surface area contributed by atoms with E-state index in [1.807, 2.05) is 0 Å². The molecule has 210 valence electrons. The van der Waals surface area contributed by atoms with Crippen molar-refractivity contribution in [1.29, 1.82) is 0 Å². The smallest absolute Gasteiger partial charge is 0.409 e. The van der Waals surface area contributed by atoms with Crippen LogP contribution in [0.3, 0.4) is 0 Å². The van der Waals surface area contributed by atoms with Gasteiger partial charge >= 0.3 is 36.8 Å². The predicted molar refractivity (Wildman–Crippen MR) is 124 cm³/mol. The zero-order valence-corrected chi connectivity index (χ0v) is 21.0. The molecule has 3 aliphatic rings. The van der Waals surface area contributed by atoms with Crippen LogP contribution in [-0.2, 0) is 47.7 Å². The summed E-state index contributed by atoms with van der Waals surface area (Å²) >= 11 is 0. The van der Waals surface area contributed by atoms with Gasteiger partial charge in [0.25, 0.3) is 11.8 Å². The summed E-state index contributed by atoms with van der Waals surface area (Å²) in [4.78, 5) is 72.7. The lowest BCUT2D eigenvalue weighted by atomic mass is 9.90. The van der Waals surface area contributed by atoms with Crippen LogP contribution >= 0.6 is 0 Å². The molecule has 0 radical (unpaired) electrons. The van der Waals surface area contributed by atoms with Crippen molar-refractivity contribution < 1.29 is 52.5 Å². The highest BCUT2D eigenvalue weighted by molar-refractivity contribution is 6.29. The predicted octanol–water partition coefficient (Wildman–Crippen LogP) is -0.845. The number of rotatable bonds is 10. The van der Waals surface area contributed by atoms with E-state index in [0.29, 0.717) is 32.1 Å². The molecular formula is C23H32N4O11. The molecule has 2 aliphatic heterocycles. The van der Waals surface area contributed by atoms with Gasteiger partial charge < -0.3 is 29.0 Å². The number of methoxy groups -OCH3 is 1. The van der Waals surface area contributed by atoms with Gasteiger partial charge in [-0.05, 0) is 32.1 Å². The van der Waals surface area contributed by atoms with Crippen LogP contribution in [-0.4, -0.2) is 92.4 Å². The van der Waals surface area contributed by atoms with E-state index in [-0.39, 0.29) is 43.6 Å². The molecule has 15 heteroatoms. The third-order valence-electron chi connectivity index (χ3n) is 6.00. The van der Waals surface area contributed by atoms with Crippen LogP contribution < -0.4 is 16.0 Å². The largest absolute Gasteiger partial charge is 0.421 e. The monoisotopic (exact) mass is 540 g/mol. The Kier molecular flexibility index (Phi) is 11.0. The molecule has 2 fully saturated rings. The Labute approximate surface area is 218 Å². The molecule has 3 rings (SSSR count). The van der Waals surface area contributed by atoms with Crippen LogP contribution in [0.15, 0.2) is 12.2 Å². The summed E-state index contributed by atoms with van der Waals surface area (Å²) in [5.41, 5.74) is 0. The van der Waals surface area contributed by atoms with Gasteiger partial charge in [-0.3, -0.25) is 14.5 Å². The third kappa shape index (κ3) is 8.78. The van der Waals surface area contributed by atoms with Gasteiger partial charge in [0.05, 0.1) is 0 Å². The van der Waals surface area contributed by atoms with Gasteiger partial charge in [-0.1, -0.05) is 12.8 Å². The van der Waals surface area contributed by atoms with Crippen LogP contribution in [0.5, 0.6) is 0 Å². The summed E-state index contributed by atoms with van der Waals surface area (Å²) in [5.74, 6) is -4.41. The van der Waals surface area contributed by atoms with E-state index in [4.69, 9.17) is 23.7 Å². The minimum atomic E-state index is -1.57. The van der Waals surface area contributed by atoms with E-state index in [0.717, 1.165) is 17.7 Å². The molecule has 3 N–H and O–H groups in total. The Morgan fingerprint density at radius 1 is 0.921 bits per heavy atom. The Hall–Kier alpha value is -3.56. The molecule has 4 atom stereocenters. The number of esters is 3. The van der Waals surface area contributed by atoms with Crippen LogP contribution in [0.1, 0.15) is 44.9 Å². The number of carbonyl (C=O) groups excluding carboxylic acids is 6. The first kappa shape index (κ1) is 29.0. The maximum atomic E-state index is 12.3. The first-order chi connectivity index (χ1) is 18.3. The summed E-state index contributed by atoms with van der Waals surface area (Å²) < 4.78 is 24.9. The lowest BCUT2D eigenvalue weighted by molar-refractivity contribution is -0.214. The van der Waals surface area contributed by atoms with Crippen molar-refractivity contribution in [3.05, 3.63) is 12.2 Å². The number of cyclic esters (lactones) is 2. The zero-order chi connectivity index (χ0) is 27.5. The van der Waals surface area contributed by atoms with Crippen molar-refractivity contribution in [1.82, 2.24) is 20.9 Å². The highest BCUT2D eigenvalue weighted by Gasteiger charge is 2.37. The second-order valence-corrected chi connectivity index (χ2v) is 8.78. The van der Waals surface area contributed by atoms with Crippen LogP contribution in [0.4, 0.5) is 4.79 Å². The fourth-order valence-corrected chi connectivity index (χ4v) is 4.18. The van der Waals surface area contributed by atoms with Crippen molar-refractivity contribution in [2.45, 2.75) is 69.9 Å². The number of hydrogen-bond donors (Lipinski definition) is 3. The topological polar surface area (TPSA) is 188 Å². The summed E-state index contributed by atoms with van der Waals surface area (Å²) in [6.45, 7) is 0.132. The number of imide groups is 1. The third-order valence-corrected chi connectivity index (χ3v) is 6.00. The van der Waals surface area contributed by atoms with Crippen LogP contribution in [0.25, 0.3) is 0 Å².